The van der Waals surface area contributed by atoms with E-state index in [1.165, 1.54) is 66.6 Å². The quantitative estimate of drug-likeness (QED) is 0.161. The molecule has 0 saturated carbocycles. The number of hydrogen-bond acceptors (Lipinski definition) is 3. The van der Waals surface area contributed by atoms with Gasteiger partial charge in [0, 0.05) is 33.1 Å². The summed E-state index contributed by atoms with van der Waals surface area (Å²) < 4.78 is 0. The lowest BCUT2D eigenvalue weighted by Crippen LogP contribution is -2.16. The van der Waals surface area contributed by atoms with E-state index in [9.17, 15) is 0 Å². The lowest BCUT2D eigenvalue weighted by Gasteiger charge is -2.25. The Balaban J connectivity index is 0.893. The van der Waals surface area contributed by atoms with Gasteiger partial charge >= 0.3 is 0 Å². The molecule has 2 heterocycles. The highest BCUT2D eigenvalue weighted by Crippen LogP contribution is 2.53. The van der Waals surface area contributed by atoms with Crippen molar-refractivity contribution in [2.24, 2.45) is 0 Å². The predicted molar refractivity (Wildman–Crippen MR) is 270 cm³/mol. The van der Waals surface area contributed by atoms with Crippen LogP contribution in [0.15, 0.2) is 224 Å². The molecule has 0 unspecified atom stereocenters. The molecule has 3 nitrogen and oxygen atoms in total. The van der Waals surface area contributed by atoms with Gasteiger partial charge in [0.15, 0.2) is 5.82 Å². The molecule has 11 aromatic rings. The van der Waals surface area contributed by atoms with Crippen molar-refractivity contribution >= 4 is 21.7 Å². The van der Waals surface area contributed by atoms with Crippen molar-refractivity contribution in [1.82, 2.24) is 15.0 Å². The molecular weight excluding hydrogens is 787 g/mol. The van der Waals surface area contributed by atoms with Gasteiger partial charge in [0.1, 0.15) is 0 Å². The molecular formula is C62H43N3. The molecule has 3 heteroatoms. The van der Waals surface area contributed by atoms with Crippen molar-refractivity contribution in [3.63, 3.8) is 0 Å². The second kappa shape index (κ2) is 15.5. The fourth-order valence-electron chi connectivity index (χ4n) is 9.88. The standard InChI is InChI=1S/C62H43N3/c1-62(2)54-19-11-9-17-52(54)60-59(62)58(53-18-10-12-20-55(53)63-60)47-31-25-44(26-32-47)48-33-34-50-38-51(36-35-49(50)37-48)61-64-56(45-27-21-42(22-28-45)40-13-5-3-6-14-40)39-57(65-61)46-29-23-43(24-30-46)41-15-7-4-8-16-41/h3-39H,1-2H3. The normalized spacial score (nSPS) is 12.6. The van der Waals surface area contributed by atoms with Crippen LogP contribution in [0.25, 0.3) is 111 Å². The second-order valence-electron chi connectivity index (χ2n) is 17.6. The predicted octanol–water partition coefficient (Wildman–Crippen LogP) is 16.2. The number of para-hydroxylation sites is 1. The molecule has 0 amide bonds. The maximum Gasteiger partial charge on any atom is 0.160 e. The first kappa shape index (κ1) is 38.4. The van der Waals surface area contributed by atoms with Gasteiger partial charge in [0.05, 0.1) is 22.6 Å². The zero-order chi connectivity index (χ0) is 43.5. The van der Waals surface area contributed by atoms with E-state index in [1.54, 1.807) is 0 Å². The molecule has 0 spiro atoms. The minimum Gasteiger partial charge on any atom is -0.247 e. The number of hydrogen-bond donors (Lipinski definition) is 0. The minimum absolute atomic E-state index is 0.176. The van der Waals surface area contributed by atoms with Crippen LogP contribution in [-0.4, -0.2) is 15.0 Å². The number of rotatable bonds is 7. The Morgan fingerprint density at radius 3 is 1.40 bits per heavy atom. The smallest absolute Gasteiger partial charge is 0.160 e. The van der Waals surface area contributed by atoms with Crippen LogP contribution in [0.4, 0.5) is 0 Å². The van der Waals surface area contributed by atoms with Crippen LogP contribution in [0, 0.1) is 0 Å². The van der Waals surface area contributed by atoms with E-state index in [-0.39, 0.29) is 5.41 Å². The number of benzene rings is 9. The van der Waals surface area contributed by atoms with Crippen molar-refractivity contribution in [2.45, 2.75) is 19.3 Å². The Morgan fingerprint density at radius 1 is 0.338 bits per heavy atom. The van der Waals surface area contributed by atoms with Crippen LogP contribution in [-0.2, 0) is 5.41 Å². The maximum absolute atomic E-state index is 5.25. The van der Waals surface area contributed by atoms with E-state index in [0.29, 0.717) is 5.82 Å². The molecule has 1 aliphatic rings. The molecule has 0 N–H and O–H groups in total. The molecule has 0 atom stereocenters. The van der Waals surface area contributed by atoms with Gasteiger partial charge in [-0.25, -0.2) is 15.0 Å². The monoisotopic (exact) mass is 829 g/mol. The zero-order valence-electron chi connectivity index (χ0n) is 36.2. The summed E-state index contributed by atoms with van der Waals surface area (Å²) in [5, 5.41) is 3.49. The third kappa shape index (κ3) is 6.81. The van der Waals surface area contributed by atoms with Crippen LogP contribution < -0.4 is 0 Å². The van der Waals surface area contributed by atoms with Gasteiger partial charge in [-0.15, -0.1) is 0 Å². The molecule has 0 aliphatic heterocycles. The summed E-state index contributed by atoms with van der Waals surface area (Å²) in [6.07, 6.45) is 0. The Morgan fingerprint density at radius 2 is 0.785 bits per heavy atom. The van der Waals surface area contributed by atoms with Gasteiger partial charge in [-0.05, 0) is 90.7 Å². The molecule has 12 rings (SSSR count). The Kier molecular flexibility index (Phi) is 9.17. The summed E-state index contributed by atoms with van der Waals surface area (Å²) >= 11 is 0. The molecule has 0 radical (unpaired) electrons. The lowest BCUT2D eigenvalue weighted by atomic mass is 9.78. The molecule has 0 fully saturated rings. The highest BCUT2D eigenvalue weighted by molar-refractivity contribution is 6.02. The van der Waals surface area contributed by atoms with Crippen LogP contribution in [0.5, 0.6) is 0 Å². The SMILES string of the molecule is CC1(C)c2ccccc2-c2nc3ccccc3c(-c3ccc(-c4ccc5cc(-c6nc(-c7ccc(-c8ccccc8)cc7)cc(-c7ccc(-c8ccccc8)cc7)n6)ccc5c4)cc3)c21. The molecule has 1 aliphatic carbocycles. The number of aromatic nitrogens is 3. The highest BCUT2D eigenvalue weighted by atomic mass is 14.9. The summed E-state index contributed by atoms with van der Waals surface area (Å²) in [7, 11) is 0. The van der Waals surface area contributed by atoms with Crippen molar-refractivity contribution < 1.29 is 0 Å². The third-order valence-corrected chi connectivity index (χ3v) is 13.3. The minimum atomic E-state index is -0.176. The summed E-state index contributed by atoms with van der Waals surface area (Å²) in [5.41, 5.74) is 20.2. The number of nitrogens with zero attached hydrogens (tertiary/aromatic N) is 3. The summed E-state index contributed by atoms with van der Waals surface area (Å²) in [4.78, 5) is 15.7. The Labute approximate surface area is 379 Å². The van der Waals surface area contributed by atoms with Gasteiger partial charge in [-0.1, -0.05) is 214 Å². The zero-order valence-corrected chi connectivity index (χ0v) is 36.2. The Hall–Kier alpha value is -8.27. The maximum atomic E-state index is 5.25. The highest BCUT2D eigenvalue weighted by Gasteiger charge is 2.39. The van der Waals surface area contributed by atoms with Crippen molar-refractivity contribution in [2.75, 3.05) is 0 Å². The van der Waals surface area contributed by atoms with Crippen LogP contribution in [0.2, 0.25) is 0 Å². The fraction of sp³-hybridized carbons (Fsp3) is 0.0484. The molecule has 306 valence electrons. The van der Waals surface area contributed by atoms with Gasteiger partial charge in [0.25, 0.3) is 0 Å². The van der Waals surface area contributed by atoms with Crippen LogP contribution in [0.1, 0.15) is 25.0 Å². The van der Waals surface area contributed by atoms with Crippen LogP contribution >= 0.6 is 0 Å². The fourth-order valence-corrected chi connectivity index (χ4v) is 9.88. The summed E-state index contributed by atoms with van der Waals surface area (Å²) in [6, 6.07) is 80.2. The first-order valence-corrected chi connectivity index (χ1v) is 22.3. The number of fused-ring (bicyclic) bond motifs is 5. The van der Waals surface area contributed by atoms with Gasteiger partial charge in [-0.2, -0.15) is 0 Å². The third-order valence-electron chi connectivity index (χ3n) is 13.3. The first-order valence-electron chi connectivity index (χ1n) is 22.3. The van der Waals surface area contributed by atoms with E-state index >= 15 is 0 Å². The summed E-state index contributed by atoms with van der Waals surface area (Å²) in [6.45, 7) is 4.67. The average molecular weight is 830 g/mol. The van der Waals surface area contributed by atoms with Gasteiger partial charge in [0.2, 0.25) is 0 Å². The van der Waals surface area contributed by atoms with E-state index in [0.717, 1.165) is 50.1 Å². The molecule has 0 bridgehead atoms. The Bertz CT molecular complexity index is 3470. The van der Waals surface area contributed by atoms with E-state index < -0.39 is 0 Å². The van der Waals surface area contributed by atoms with Gasteiger partial charge in [-0.3, -0.25) is 0 Å². The molecule has 2 aromatic heterocycles. The van der Waals surface area contributed by atoms with Crippen molar-refractivity contribution in [1.29, 1.82) is 0 Å². The van der Waals surface area contributed by atoms with E-state index in [1.807, 2.05) is 12.1 Å². The topological polar surface area (TPSA) is 38.7 Å². The largest absolute Gasteiger partial charge is 0.247 e. The molecule has 9 aromatic carbocycles. The molecule has 0 saturated heterocycles. The first-order chi connectivity index (χ1) is 31.9. The molecule has 65 heavy (non-hydrogen) atoms. The second-order valence-corrected chi connectivity index (χ2v) is 17.6. The van der Waals surface area contributed by atoms with Gasteiger partial charge < -0.3 is 0 Å². The van der Waals surface area contributed by atoms with E-state index in [4.69, 9.17) is 15.0 Å². The summed E-state index contributed by atoms with van der Waals surface area (Å²) in [5.74, 6) is 0.694. The average Bonchev–Trinajstić information content (AvgIpc) is 3.60. The van der Waals surface area contributed by atoms with Crippen molar-refractivity contribution in [3.8, 4) is 89.7 Å². The van der Waals surface area contributed by atoms with Crippen LogP contribution in [0.3, 0.4) is 0 Å². The van der Waals surface area contributed by atoms with Crippen molar-refractivity contribution in [3.05, 3.63) is 236 Å². The lowest BCUT2D eigenvalue weighted by molar-refractivity contribution is 0.662. The van der Waals surface area contributed by atoms with E-state index in [2.05, 4.69) is 226 Å². The number of pyridine rings is 1.